The standard InChI is InChI=1S/C14H17N3O2/c1-2-13-16-17-14(19-13)8-18-10-4-5-11-9(7-10)3-6-12(11)15/h4-5,7,12H,2-3,6,8,15H2,1H3/t12-/m0/s1. The van der Waals surface area contributed by atoms with Crippen LogP contribution in [0.3, 0.4) is 0 Å². The number of aromatic nitrogens is 2. The van der Waals surface area contributed by atoms with Crippen LogP contribution in [0.5, 0.6) is 5.75 Å². The number of hydrogen-bond acceptors (Lipinski definition) is 5. The Bertz CT molecular complexity index is 580. The minimum absolute atomic E-state index is 0.173. The lowest BCUT2D eigenvalue weighted by Gasteiger charge is -2.07. The molecular formula is C14H17N3O2. The minimum atomic E-state index is 0.173. The highest BCUT2D eigenvalue weighted by atomic mass is 16.5. The second kappa shape index (κ2) is 5.01. The van der Waals surface area contributed by atoms with Gasteiger partial charge in [0.15, 0.2) is 6.61 Å². The van der Waals surface area contributed by atoms with Gasteiger partial charge in [-0.1, -0.05) is 13.0 Å². The summed E-state index contributed by atoms with van der Waals surface area (Å²) in [6.07, 6.45) is 2.78. The van der Waals surface area contributed by atoms with Crippen molar-refractivity contribution in [3.8, 4) is 5.75 Å². The summed E-state index contributed by atoms with van der Waals surface area (Å²) in [4.78, 5) is 0. The highest BCUT2D eigenvalue weighted by Crippen LogP contribution is 2.31. The molecule has 3 rings (SSSR count). The number of nitrogens with two attached hydrogens (primary N) is 1. The van der Waals surface area contributed by atoms with Crippen LogP contribution in [0.15, 0.2) is 22.6 Å². The highest BCUT2D eigenvalue weighted by Gasteiger charge is 2.19. The maximum Gasteiger partial charge on any atom is 0.253 e. The van der Waals surface area contributed by atoms with Crippen LogP contribution in [0, 0.1) is 0 Å². The van der Waals surface area contributed by atoms with Crippen molar-refractivity contribution in [2.45, 2.75) is 38.8 Å². The molecule has 0 fully saturated rings. The Kier molecular flexibility index (Phi) is 3.21. The van der Waals surface area contributed by atoms with Gasteiger partial charge in [0.1, 0.15) is 5.75 Å². The minimum Gasteiger partial charge on any atom is -0.484 e. The Hall–Kier alpha value is -1.88. The lowest BCUT2D eigenvalue weighted by molar-refractivity contribution is 0.259. The third kappa shape index (κ3) is 2.46. The summed E-state index contributed by atoms with van der Waals surface area (Å²) < 4.78 is 11.1. The van der Waals surface area contributed by atoms with Crippen molar-refractivity contribution in [1.29, 1.82) is 0 Å². The van der Waals surface area contributed by atoms with Crippen LogP contribution < -0.4 is 10.5 Å². The summed E-state index contributed by atoms with van der Waals surface area (Å²) in [6, 6.07) is 6.22. The van der Waals surface area contributed by atoms with E-state index in [4.69, 9.17) is 14.9 Å². The fourth-order valence-electron chi connectivity index (χ4n) is 2.35. The normalized spacial score (nSPS) is 17.5. The van der Waals surface area contributed by atoms with Gasteiger partial charge in [-0.3, -0.25) is 0 Å². The van der Waals surface area contributed by atoms with E-state index >= 15 is 0 Å². The first-order valence-electron chi connectivity index (χ1n) is 6.58. The average molecular weight is 259 g/mol. The number of benzene rings is 1. The quantitative estimate of drug-likeness (QED) is 0.910. The van der Waals surface area contributed by atoms with E-state index in [1.807, 2.05) is 19.1 Å². The van der Waals surface area contributed by atoms with Gasteiger partial charge in [-0.05, 0) is 36.1 Å². The fourth-order valence-corrected chi connectivity index (χ4v) is 2.35. The maximum absolute atomic E-state index is 6.01. The number of rotatable bonds is 4. The molecule has 0 unspecified atom stereocenters. The monoisotopic (exact) mass is 259 g/mol. The first-order valence-corrected chi connectivity index (χ1v) is 6.58. The van der Waals surface area contributed by atoms with Crippen molar-refractivity contribution in [2.24, 2.45) is 5.73 Å². The summed E-state index contributed by atoms with van der Waals surface area (Å²) in [5, 5.41) is 7.83. The topological polar surface area (TPSA) is 74.2 Å². The summed E-state index contributed by atoms with van der Waals surface area (Å²) in [5.41, 5.74) is 8.52. The molecule has 0 saturated heterocycles. The molecule has 0 spiro atoms. The Morgan fingerprint density at radius 3 is 3.00 bits per heavy atom. The van der Waals surface area contributed by atoms with E-state index in [2.05, 4.69) is 16.3 Å². The molecule has 5 nitrogen and oxygen atoms in total. The van der Waals surface area contributed by atoms with Crippen LogP contribution in [0.2, 0.25) is 0 Å². The van der Waals surface area contributed by atoms with E-state index in [0.717, 1.165) is 25.0 Å². The molecule has 2 N–H and O–H groups in total. The van der Waals surface area contributed by atoms with E-state index in [-0.39, 0.29) is 6.04 Å². The van der Waals surface area contributed by atoms with Gasteiger partial charge >= 0.3 is 0 Å². The molecule has 1 aromatic heterocycles. The van der Waals surface area contributed by atoms with Crippen molar-refractivity contribution in [1.82, 2.24) is 10.2 Å². The first kappa shape index (κ1) is 12.2. The summed E-state index contributed by atoms with van der Waals surface area (Å²) >= 11 is 0. The maximum atomic E-state index is 6.01. The predicted octanol–water partition coefficient (Wildman–Crippen LogP) is 2.16. The van der Waals surface area contributed by atoms with Crippen molar-refractivity contribution < 1.29 is 9.15 Å². The van der Waals surface area contributed by atoms with Crippen LogP contribution in [-0.2, 0) is 19.4 Å². The van der Waals surface area contributed by atoms with Crippen molar-refractivity contribution in [3.63, 3.8) is 0 Å². The molecule has 1 aromatic carbocycles. The van der Waals surface area contributed by atoms with E-state index in [1.165, 1.54) is 11.1 Å². The van der Waals surface area contributed by atoms with Crippen molar-refractivity contribution in [2.75, 3.05) is 0 Å². The van der Waals surface area contributed by atoms with Crippen LogP contribution in [-0.4, -0.2) is 10.2 Å². The van der Waals surface area contributed by atoms with Gasteiger partial charge in [-0.2, -0.15) is 0 Å². The Morgan fingerprint density at radius 2 is 2.21 bits per heavy atom. The van der Waals surface area contributed by atoms with Crippen molar-refractivity contribution >= 4 is 0 Å². The van der Waals surface area contributed by atoms with E-state index < -0.39 is 0 Å². The number of hydrogen-bond donors (Lipinski definition) is 1. The molecule has 2 aromatic rings. The summed E-state index contributed by atoms with van der Waals surface area (Å²) in [7, 11) is 0. The summed E-state index contributed by atoms with van der Waals surface area (Å²) in [5.74, 6) is 1.97. The Morgan fingerprint density at radius 1 is 1.37 bits per heavy atom. The molecule has 1 heterocycles. The zero-order valence-corrected chi connectivity index (χ0v) is 10.9. The molecule has 0 saturated carbocycles. The van der Waals surface area contributed by atoms with E-state index in [0.29, 0.717) is 18.4 Å². The third-order valence-electron chi connectivity index (χ3n) is 3.41. The van der Waals surface area contributed by atoms with E-state index in [1.54, 1.807) is 0 Å². The lowest BCUT2D eigenvalue weighted by atomic mass is 10.1. The highest BCUT2D eigenvalue weighted by molar-refractivity contribution is 5.40. The molecule has 5 heteroatoms. The van der Waals surface area contributed by atoms with Gasteiger partial charge in [0.05, 0.1) is 0 Å². The third-order valence-corrected chi connectivity index (χ3v) is 3.41. The Labute approximate surface area is 111 Å². The molecular weight excluding hydrogens is 242 g/mol. The lowest BCUT2D eigenvalue weighted by Crippen LogP contribution is -2.05. The van der Waals surface area contributed by atoms with Gasteiger partial charge in [0.2, 0.25) is 5.89 Å². The first-order chi connectivity index (χ1) is 9.26. The van der Waals surface area contributed by atoms with Gasteiger partial charge in [-0.15, -0.1) is 10.2 Å². The average Bonchev–Trinajstić information content (AvgIpc) is 3.03. The zero-order valence-electron chi connectivity index (χ0n) is 10.9. The second-order valence-electron chi connectivity index (χ2n) is 4.74. The molecule has 0 aliphatic heterocycles. The van der Waals surface area contributed by atoms with Gasteiger partial charge in [-0.25, -0.2) is 0 Å². The molecule has 1 atom stereocenters. The van der Waals surface area contributed by atoms with Gasteiger partial charge < -0.3 is 14.9 Å². The number of aryl methyl sites for hydroxylation is 2. The molecule has 1 aliphatic rings. The smallest absolute Gasteiger partial charge is 0.253 e. The Balaban J connectivity index is 1.67. The van der Waals surface area contributed by atoms with Crippen LogP contribution in [0.1, 0.15) is 42.3 Å². The molecule has 0 radical (unpaired) electrons. The van der Waals surface area contributed by atoms with Gasteiger partial charge in [0.25, 0.3) is 5.89 Å². The van der Waals surface area contributed by atoms with Crippen LogP contribution in [0.25, 0.3) is 0 Å². The zero-order chi connectivity index (χ0) is 13.2. The summed E-state index contributed by atoms with van der Waals surface area (Å²) in [6.45, 7) is 2.28. The van der Waals surface area contributed by atoms with E-state index in [9.17, 15) is 0 Å². The number of fused-ring (bicyclic) bond motifs is 1. The fraction of sp³-hybridized carbons (Fsp3) is 0.429. The van der Waals surface area contributed by atoms with Crippen LogP contribution >= 0.6 is 0 Å². The molecule has 100 valence electrons. The molecule has 0 bridgehead atoms. The predicted molar refractivity (Wildman–Crippen MR) is 69.7 cm³/mol. The second-order valence-corrected chi connectivity index (χ2v) is 4.74. The number of nitrogens with zero attached hydrogens (tertiary/aromatic N) is 2. The largest absolute Gasteiger partial charge is 0.484 e. The van der Waals surface area contributed by atoms with Crippen LogP contribution in [0.4, 0.5) is 0 Å². The SMILES string of the molecule is CCc1nnc(COc2ccc3c(c2)CC[C@@H]3N)o1. The molecule has 19 heavy (non-hydrogen) atoms. The molecule has 1 aliphatic carbocycles. The van der Waals surface area contributed by atoms with Gasteiger partial charge in [0, 0.05) is 12.5 Å². The number of ether oxygens (including phenoxy) is 1. The van der Waals surface area contributed by atoms with Crippen molar-refractivity contribution in [3.05, 3.63) is 41.1 Å². The molecule has 0 amide bonds.